The zero-order chi connectivity index (χ0) is 18.5. The number of esters is 2. The Hall–Kier alpha value is -3.54. The molecule has 0 bridgehead atoms. The molecule has 0 radical (unpaired) electrons. The third-order valence-corrected chi connectivity index (χ3v) is 3.74. The number of fused-ring (bicyclic) bond motifs is 2. The van der Waals surface area contributed by atoms with E-state index in [1.165, 1.54) is 14.2 Å². The van der Waals surface area contributed by atoms with Gasteiger partial charge in [0.05, 0.1) is 20.3 Å². The van der Waals surface area contributed by atoms with Crippen LogP contribution in [-0.4, -0.2) is 26.2 Å². The van der Waals surface area contributed by atoms with Crippen LogP contribution in [0.4, 0.5) is 5.69 Å². The molecule has 0 unspecified atom stereocenters. The Bertz CT molecular complexity index is 914. The van der Waals surface area contributed by atoms with Gasteiger partial charge < -0.3 is 19.5 Å². The number of ether oxygens (including phenoxy) is 3. The Kier molecular flexibility index (Phi) is 5.03. The van der Waals surface area contributed by atoms with Crippen molar-refractivity contribution in [2.45, 2.75) is 0 Å². The number of para-hydroxylation sites is 1. The molecule has 132 valence electrons. The molecular formula is C20H17NO5. The number of hydrogen-bond donors (Lipinski definition) is 1. The molecule has 0 atom stereocenters. The molecule has 2 aromatic rings. The number of rotatable bonds is 4. The minimum absolute atomic E-state index is 0.0381. The highest BCUT2D eigenvalue weighted by molar-refractivity contribution is 5.98. The molecule has 3 rings (SSSR count). The van der Waals surface area contributed by atoms with Crippen LogP contribution in [0.5, 0.6) is 11.5 Å². The lowest BCUT2D eigenvalue weighted by Gasteiger charge is -2.13. The molecule has 1 aliphatic rings. The molecule has 1 N–H and O–H groups in total. The molecule has 6 nitrogen and oxygen atoms in total. The number of anilines is 1. The Balaban J connectivity index is 1.91. The monoisotopic (exact) mass is 351 g/mol. The minimum Gasteiger partial charge on any atom is -0.466 e. The van der Waals surface area contributed by atoms with Crippen LogP contribution in [0.15, 0.2) is 54.2 Å². The normalized spacial score (nSPS) is 12.2. The molecular weight excluding hydrogens is 334 g/mol. The first-order chi connectivity index (χ1) is 12.6. The van der Waals surface area contributed by atoms with Gasteiger partial charge in [0.2, 0.25) is 0 Å². The van der Waals surface area contributed by atoms with E-state index < -0.39 is 11.9 Å². The molecule has 0 aromatic heterocycles. The van der Waals surface area contributed by atoms with Gasteiger partial charge in [-0.25, -0.2) is 9.59 Å². The van der Waals surface area contributed by atoms with Gasteiger partial charge in [-0.2, -0.15) is 0 Å². The van der Waals surface area contributed by atoms with Crippen molar-refractivity contribution in [2.24, 2.45) is 0 Å². The van der Waals surface area contributed by atoms with Gasteiger partial charge in [0.25, 0.3) is 0 Å². The van der Waals surface area contributed by atoms with Crippen LogP contribution in [-0.2, 0) is 19.1 Å². The van der Waals surface area contributed by atoms with E-state index >= 15 is 0 Å². The highest BCUT2D eigenvalue weighted by Crippen LogP contribution is 2.35. The third kappa shape index (κ3) is 3.75. The lowest BCUT2D eigenvalue weighted by atomic mass is 10.1. The zero-order valence-electron chi connectivity index (χ0n) is 14.3. The van der Waals surface area contributed by atoms with E-state index in [9.17, 15) is 9.59 Å². The van der Waals surface area contributed by atoms with E-state index in [2.05, 4.69) is 14.8 Å². The molecule has 0 spiro atoms. The maximum atomic E-state index is 11.9. The quantitative estimate of drug-likeness (QED) is 0.572. The average Bonchev–Trinajstić information content (AvgIpc) is 2.85. The van der Waals surface area contributed by atoms with Gasteiger partial charge in [-0.3, -0.25) is 0 Å². The van der Waals surface area contributed by atoms with E-state index in [4.69, 9.17) is 4.74 Å². The molecule has 0 amide bonds. The second-order valence-corrected chi connectivity index (χ2v) is 5.42. The lowest BCUT2D eigenvalue weighted by Crippen LogP contribution is -2.15. The number of hydrogen-bond acceptors (Lipinski definition) is 6. The highest BCUT2D eigenvalue weighted by atomic mass is 16.5. The standard InChI is InChI=1S/C20H17NO5/c1-24-19(22)12-16(20(23)25-2)21-15-10-9-14-8-7-13-5-3-4-6-17(13)26-18(14)11-15/h3-12,21H,1-2H3/b16-12+. The van der Waals surface area contributed by atoms with Crippen LogP contribution in [0, 0.1) is 0 Å². The summed E-state index contributed by atoms with van der Waals surface area (Å²) in [5.41, 5.74) is 2.39. The van der Waals surface area contributed by atoms with E-state index in [1.807, 2.05) is 42.5 Å². The summed E-state index contributed by atoms with van der Waals surface area (Å²) < 4.78 is 15.2. The van der Waals surface area contributed by atoms with Crippen LogP contribution < -0.4 is 10.1 Å². The van der Waals surface area contributed by atoms with Crippen molar-refractivity contribution in [3.05, 3.63) is 65.4 Å². The van der Waals surface area contributed by atoms with Gasteiger partial charge >= 0.3 is 11.9 Å². The molecule has 0 fully saturated rings. The average molecular weight is 351 g/mol. The van der Waals surface area contributed by atoms with E-state index in [0.29, 0.717) is 11.4 Å². The van der Waals surface area contributed by atoms with Crippen molar-refractivity contribution in [2.75, 3.05) is 19.5 Å². The predicted octanol–water partition coefficient (Wildman–Crippen LogP) is 3.60. The Morgan fingerprint density at radius 2 is 1.69 bits per heavy atom. The second kappa shape index (κ2) is 7.57. The molecule has 0 saturated carbocycles. The van der Waals surface area contributed by atoms with Gasteiger partial charge in [0, 0.05) is 22.9 Å². The summed E-state index contributed by atoms with van der Waals surface area (Å²) in [6.45, 7) is 0. The molecule has 0 saturated heterocycles. The van der Waals surface area contributed by atoms with Gasteiger partial charge in [0.15, 0.2) is 0 Å². The van der Waals surface area contributed by atoms with Gasteiger partial charge in [-0.1, -0.05) is 30.4 Å². The van der Waals surface area contributed by atoms with Gasteiger partial charge in [0.1, 0.15) is 17.2 Å². The first-order valence-corrected chi connectivity index (χ1v) is 7.84. The number of carbonyl (C=O) groups excluding carboxylic acids is 2. The molecule has 2 aromatic carbocycles. The second-order valence-electron chi connectivity index (χ2n) is 5.42. The lowest BCUT2D eigenvalue weighted by molar-refractivity contribution is -0.138. The minimum atomic E-state index is -0.684. The van der Waals surface area contributed by atoms with Crippen molar-refractivity contribution in [1.29, 1.82) is 0 Å². The van der Waals surface area contributed by atoms with E-state index in [1.54, 1.807) is 12.1 Å². The van der Waals surface area contributed by atoms with Crippen molar-refractivity contribution in [3.63, 3.8) is 0 Å². The zero-order valence-corrected chi connectivity index (χ0v) is 14.3. The van der Waals surface area contributed by atoms with Crippen molar-refractivity contribution in [3.8, 4) is 11.5 Å². The number of methoxy groups -OCH3 is 2. The topological polar surface area (TPSA) is 73.9 Å². The summed E-state index contributed by atoms with van der Waals surface area (Å²) in [5.74, 6) is 0.00806. The van der Waals surface area contributed by atoms with Gasteiger partial charge in [-0.05, 0) is 18.2 Å². The van der Waals surface area contributed by atoms with Crippen LogP contribution in [0.1, 0.15) is 11.1 Å². The third-order valence-electron chi connectivity index (χ3n) is 3.74. The maximum absolute atomic E-state index is 11.9. The van der Waals surface area contributed by atoms with Crippen molar-refractivity contribution < 1.29 is 23.8 Å². The smallest absolute Gasteiger partial charge is 0.354 e. The molecule has 26 heavy (non-hydrogen) atoms. The van der Waals surface area contributed by atoms with Crippen molar-refractivity contribution in [1.82, 2.24) is 0 Å². The number of nitrogens with one attached hydrogen (secondary N) is 1. The Morgan fingerprint density at radius 1 is 0.962 bits per heavy atom. The highest BCUT2D eigenvalue weighted by Gasteiger charge is 2.15. The largest absolute Gasteiger partial charge is 0.466 e. The molecule has 6 heteroatoms. The van der Waals surface area contributed by atoms with Crippen molar-refractivity contribution >= 4 is 29.8 Å². The predicted molar refractivity (Wildman–Crippen MR) is 97.6 cm³/mol. The number of carbonyl (C=O) groups is 2. The summed E-state index contributed by atoms with van der Waals surface area (Å²) >= 11 is 0. The maximum Gasteiger partial charge on any atom is 0.354 e. The van der Waals surface area contributed by atoms with E-state index in [0.717, 1.165) is 23.0 Å². The summed E-state index contributed by atoms with van der Waals surface area (Å²) in [6.07, 6.45) is 4.97. The SMILES string of the molecule is COC(=O)/C=C(/Nc1ccc2c(c1)Oc1ccccc1C=C2)C(=O)OC. The molecule has 0 aliphatic carbocycles. The van der Waals surface area contributed by atoms with E-state index in [-0.39, 0.29) is 5.70 Å². The summed E-state index contributed by atoms with van der Waals surface area (Å²) in [6, 6.07) is 13.1. The van der Waals surface area contributed by atoms with Crippen LogP contribution >= 0.6 is 0 Å². The fraction of sp³-hybridized carbons (Fsp3) is 0.100. The summed E-state index contributed by atoms with van der Waals surface area (Å²) in [4.78, 5) is 23.3. The molecule has 1 aliphatic heterocycles. The fourth-order valence-electron chi connectivity index (χ4n) is 2.44. The molecule has 1 heterocycles. The van der Waals surface area contributed by atoms with Crippen LogP contribution in [0.25, 0.3) is 12.2 Å². The Labute approximate surface area is 150 Å². The van der Waals surface area contributed by atoms with Gasteiger partial charge in [-0.15, -0.1) is 0 Å². The summed E-state index contributed by atoms with van der Waals surface area (Å²) in [5, 5.41) is 2.87. The number of benzene rings is 2. The van der Waals surface area contributed by atoms with Crippen LogP contribution in [0.3, 0.4) is 0 Å². The first-order valence-electron chi connectivity index (χ1n) is 7.84. The summed E-state index contributed by atoms with van der Waals surface area (Å²) in [7, 11) is 2.46. The fourth-order valence-corrected chi connectivity index (χ4v) is 2.44. The first kappa shape index (κ1) is 17.3. The Morgan fingerprint density at radius 3 is 2.42 bits per heavy atom. The van der Waals surface area contributed by atoms with Crippen LogP contribution in [0.2, 0.25) is 0 Å².